The fourth-order valence-corrected chi connectivity index (χ4v) is 3.49. The molecule has 0 spiro atoms. The van der Waals surface area contributed by atoms with Gasteiger partial charge in [-0.05, 0) is 44.6 Å². The molecular weight excluding hydrogens is 318 g/mol. The molecule has 25 heavy (non-hydrogen) atoms. The fourth-order valence-electron chi connectivity index (χ4n) is 3.49. The second-order valence-electron chi connectivity index (χ2n) is 7.13. The van der Waals surface area contributed by atoms with Gasteiger partial charge in [-0.3, -0.25) is 9.59 Å². The molecule has 0 aromatic carbocycles. The van der Waals surface area contributed by atoms with Gasteiger partial charge in [0.05, 0.1) is 11.6 Å². The summed E-state index contributed by atoms with van der Waals surface area (Å²) in [5.41, 5.74) is 1.79. The summed E-state index contributed by atoms with van der Waals surface area (Å²) in [6.07, 6.45) is 7.58. The summed E-state index contributed by atoms with van der Waals surface area (Å²) >= 11 is 0. The normalized spacial score (nSPS) is 20.7. The third kappa shape index (κ3) is 3.23. The summed E-state index contributed by atoms with van der Waals surface area (Å²) in [5, 5.41) is 7.41. The van der Waals surface area contributed by atoms with Crippen molar-refractivity contribution in [3.63, 3.8) is 0 Å². The van der Waals surface area contributed by atoms with Crippen molar-refractivity contribution < 1.29 is 9.59 Å². The summed E-state index contributed by atoms with van der Waals surface area (Å²) in [6, 6.07) is 1.79. The van der Waals surface area contributed by atoms with E-state index in [-0.39, 0.29) is 17.7 Å². The first-order valence-electron chi connectivity index (χ1n) is 9.00. The van der Waals surface area contributed by atoms with Crippen molar-refractivity contribution in [1.29, 1.82) is 0 Å². The van der Waals surface area contributed by atoms with Crippen LogP contribution in [0.1, 0.15) is 41.7 Å². The molecule has 3 heterocycles. The Morgan fingerprint density at radius 1 is 1.32 bits per heavy atom. The minimum atomic E-state index is -0.119. The van der Waals surface area contributed by atoms with E-state index < -0.39 is 0 Å². The Morgan fingerprint density at radius 2 is 2.16 bits per heavy atom. The highest BCUT2D eigenvalue weighted by Crippen LogP contribution is 2.28. The lowest BCUT2D eigenvalue weighted by molar-refractivity contribution is -0.126. The molecule has 1 saturated heterocycles. The van der Waals surface area contributed by atoms with Crippen molar-refractivity contribution in [2.45, 2.75) is 32.6 Å². The predicted molar refractivity (Wildman–Crippen MR) is 92.1 cm³/mol. The average Bonchev–Trinajstić information content (AvgIpc) is 3.40. The van der Waals surface area contributed by atoms with E-state index in [4.69, 9.17) is 0 Å². The van der Waals surface area contributed by atoms with Crippen LogP contribution in [0.5, 0.6) is 0 Å². The van der Waals surface area contributed by atoms with Gasteiger partial charge in [0.25, 0.3) is 5.91 Å². The van der Waals surface area contributed by atoms with Crippen LogP contribution in [0, 0.1) is 18.8 Å². The first-order valence-corrected chi connectivity index (χ1v) is 9.00. The number of nitrogens with zero attached hydrogens (tertiary/aromatic N) is 4. The number of likely N-dealkylation sites (tertiary alicyclic amines) is 1. The van der Waals surface area contributed by atoms with Crippen molar-refractivity contribution >= 4 is 17.5 Å². The van der Waals surface area contributed by atoms with Gasteiger partial charge in [0.1, 0.15) is 5.56 Å². The van der Waals surface area contributed by atoms with Crippen LogP contribution in [0.2, 0.25) is 0 Å². The van der Waals surface area contributed by atoms with Crippen LogP contribution < -0.4 is 5.32 Å². The molecule has 1 saturated carbocycles. The molecule has 1 unspecified atom stereocenters. The number of rotatable bonds is 4. The van der Waals surface area contributed by atoms with Crippen molar-refractivity contribution in [3.8, 4) is 0 Å². The van der Waals surface area contributed by atoms with Crippen molar-refractivity contribution in [2.75, 3.05) is 19.6 Å². The molecule has 1 aliphatic heterocycles. The third-order valence-electron chi connectivity index (χ3n) is 5.13. The first-order chi connectivity index (χ1) is 12.1. The highest BCUT2D eigenvalue weighted by Gasteiger charge is 2.32. The summed E-state index contributed by atoms with van der Waals surface area (Å²) in [4.78, 5) is 31.5. The molecule has 2 aliphatic rings. The molecule has 2 aromatic rings. The molecule has 7 heteroatoms. The predicted octanol–water partition coefficient (Wildman–Crippen LogP) is 1.42. The molecule has 7 nitrogen and oxygen atoms in total. The van der Waals surface area contributed by atoms with Gasteiger partial charge in [-0.25, -0.2) is 9.50 Å². The largest absolute Gasteiger partial charge is 0.356 e. The summed E-state index contributed by atoms with van der Waals surface area (Å²) in [6.45, 7) is 3.75. The van der Waals surface area contributed by atoms with Crippen LogP contribution in [-0.2, 0) is 4.79 Å². The maximum atomic E-state index is 13.0. The molecule has 2 aromatic heterocycles. The van der Waals surface area contributed by atoms with Crippen LogP contribution in [0.25, 0.3) is 5.65 Å². The number of fused-ring (bicyclic) bond motifs is 1. The average molecular weight is 341 g/mol. The highest BCUT2D eigenvalue weighted by atomic mass is 16.2. The van der Waals surface area contributed by atoms with Crippen LogP contribution >= 0.6 is 0 Å². The molecule has 0 radical (unpaired) electrons. The van der Waals surface area contributed by atoms with E-state index in [1.807, 2.05) is 6.92 Å². The van der Waals surface area contributed by atoms with E-state index in [0.29, 0.717) is 35.9 Å². The lowest BCUT2D eigenvalue weighted by atomic mass is 9.96. The first kappa shape index (κ1) is 16.1. The number of nitrogens with one attached hydrogen (secondary N) is 1. The maximum Gasteiger partial charge on any atom is 0.259 e. The van der Waals surface area contributed by atoms with E-state index in [1.54, 1.807) is 27.9 Å². The van der Waals surface area contributed by atoms with Gasteiger partial charge < -0.3 is 10.2 Å². The summed E-state index contributed by atoms with van der Waals surface area (Å²) in [7, 11) is 0. The van der Waals surface area contributed by atoms with Crippen LogP contribution in [0.15, 0.2) is 18.5 Å². The maximum absolute atomic E-state index is 13.0. The lowest BCUT2D eigenvalue weighted by Gasteiger charge is -2.32. The monoisotopic (exact) mass is 341 g/mol. The van der Waals surface area contributed by atoms with Gasteiger partial charge in [-0.1, -0.05) is 0 Å². The Balaban J connectivity index is 1.49. The molecule has 1 aliphatic carbocycles. The van der Waals surface area contributed by atoms with E-state index in [9.17, 15) is 9.59 Å². The van der Waals surface area contributed by atoms with Crippen molar-refractivity contribution in [3.05, 3.63) is 29.7 Å². The van der Waals surface area contributed by atoms with Gasteiger partial charge >= 0.3 is 0 Å². The molecule has 0 bridgehead atoms. The van der Waals surface area contributed by atoms with E-state index in [0.717, 1.165) is 19.4 Å². The minimum absolute atomic E-state index is 0.0779. The standard InChI is InChI=1S/C18H23N5O2/c1-12-15(16-19-7-3-9-23(16)21-12)18(25)22-8-2-4-14(11-22)17(24)20-10-13-5-6-13/h3,7,9,13-14H,2,4-6,8,10-11H2,1H3,(H,20,24). The van der Waals surface area contributed by atoms with Gasteiger partial charge in [-0.15, -0.1) is 0 Å². The van der Waals surface area contributed by atoms with Gasteiger partial charge in [0.2, 0.25) is 5.91 Å². The number of amides is 2. The Morgan fingerprint density at radius 3 is 2.96 bits per heavy atom. The topological polar surface area (TPSA) is 79.6 Å². The summed E-state index contributed by atoms with van der Waals surface area (Å²) < 4.78 is 1.63. The minimum Gasteiger partial charge on any atom is -0.356 e. The molecule has 1 atom stereocenters. The Bertz CT molecular complexity index is 811. The molecular formula is C18H23N5O2. The third-order valence-corrected chi connectivity index (χ3v) is 5.13. The van der Waals surface area contributed by atoms with Crippen LogP contribution in [0.4, 0.5) is 0 Å². The number of hydrogen-bond donors (Lipinski definition) is 1. The molecule has 2 amide bonds. The fraction of sp³-hybridized carbons (Fsp3) is 0.556. The number of carbonyl (C=O) groups excluding carboxylic acids is 2. The van der Waals surface area contributed by atoms with Crippen molar-refractivity contribution in [1.82, 2.24) is 24.8 Å². The van der Waals surface area contributed by atoms with E-state index in [2.05, 4.69) is 15.4 Å². The van der Waals surface area contributed by atoms with E-state index >= 15 is 0 Å². The smallest absolute Gasteiger partial charge is 0.259 e. The Labute approximate surface area is 146 Å². The Kier molecular flexibility index (Phi) is 4.15. The van der Waals surface area contributed by atoms with Crippen LogP contribution in [-0.4, -0.2) is 50.9 Å². The second-order valence-corrected chi connectivity index (χ2v) is 7.13. The van der Waals surface area contributed by atoms with Crippen LogP contribution in [0.3, 0.4) is 0 Å². The second kappa shape index (κ2) is 6.46. The van der Waals surface area contributed by atoms with E-state index in [1.165, 1.54) is 12.8 Å². The van der Waals surface area contributed by atoms with Crippen molar-refractivity contribution in [2.24, 2.45) is 11.8 Å². The number of carbonyl (C=O) groups is 2. The number of hydrogen-bond acceptors (Lipinski definition) is 4. The quantitative estimate of drug-likeness (QED) is 0.912. The SMILES string of the molecule is Cc1nn2cccnc2c1C(=O)N1CCCC(C(=O)NCC2CC2)C1. The molecule has 1 N–H and O–H groups in total. The van der Waals surface area contributed by atoms with Gasteiger partial charge in [0.15, 0.2) is 5.65 Å². The lowest BCUT2D eigenvalue weighted by Crippen LogP contribution is -2.45. The zero-order chi connectivity index (χ0) is 17.4. The summed E-state index contributed by atoms with van der Waals surface area (Å²) in [5.74, 6) is 0.550. The zero-order valence-corrected chi connectivity index (χ0v) is 14.4. The molecule has 132 valence electrons. The van der Waals surface area contributed by atoms with Gasteiger partial charge in [0, 0.05) is 32.0 Å². The van der Waals surface area contributed by atoms with Gasteiger partial charge in [-0.2, -0.15) is 5.10 Å². The number of aryl methyl sites for hydroxylation is 1. The number of aromatic nitrogens is 3. The molecule has 2 fully saturated rings. The Hall–Kier alpha value is -2.44. The zero-order valence-electron chi connectivity index (χ0n) is 14.4. The number of piperidine rings is 1. The highest BCUT2D eigenvalue weighted by molar-refractivity contribution is 6.01. The molecule has 4 rings (SSSR count).